The highest BCUT2D eigenvalue weighted by Crippen LogP contribution is 2.19. The zero-order valence-electron chi connectivity index (χ0n) is 13.4. The van der Waals surface area contributed by atoms with Gasteiger partial charge >= 0.3 is 0 Å². The molecule has 2 amide bonds. The molecular formula is C17H21F2N3O2. The Labute approximate surface area is 139 Å². The third-order valence-electron chi connectivity index (χ3n) is 4.67. The second kappa shape index (κ2) is 7.25. The fourth-order valence-corrected chi connectivity index (χ4v) is 3.32. The van der Waals surface area contributed by atoms with Gasteiger partial charge in [0.15, 0.2) is 11.6 Å². The molecule has 2 aliphatic heterocycles. The summed E-state index contributed by atoms with van der Waals surface area (Å²) >= 11 is 0. The minimum absolute atomic E-state index is 0.0562. The van der Waals surface area contributed by atoms with Crippen LogP contribution in [0.4, 0.5) is 8.78 Å². The molecule has 5 nitrogen and oxygen atoms in total. The molecule has 1 unspecified atom stereocenters. The number of likely N-dealkylation sites (tertiary alicyclic amines) is 1. The summed E-state index contributed by atoms with van der Waals surface area (Å²) in [7, 11) is 0. The maximum Gasteiger partial charge on any atom is 0.237 e. The highest BCUT2D eigenvalue weighted by atomic mass is 19.2. The number of hydrogen-bond acceptors (Lipinski definition) is 3. The van der Waals surface area contributed by atoms with Gasteiger partial charge in [-0.2, -0.15) is 0 Å². The summed E-state index contributed by atoms with van der Waals surface area (Å²) in [6.07, 6.45) is 2.05. The largest absolute Gasteiger partial charge is 0.353 e. The van der Waals surface area contributed by atoms with E-state index in [0.29, 0.717) is 13.1 Å². The van der Waals surface area contributed by atoms with E-state index in [1.807, 2.05) is 0 Å². The quantitative estimate of drug-likeness (QED) is 0.900. The number of hydrogen-bond donors (Lipinski definition) is 1. The van der Waals surface area contributed by atoms with Crippen molar-refractivity contribution in [3.8, 4) is 0 Å². The molecule has 1 N–H and O–H groups in total. The van der Waals surface area contributed by atoms with Gasteiger partial charge in [-0.15, -0.1) is 0 Å². The van der Waals surface area contributed by atoms with E-state index in [1.54, 1.807) is 9.80 Å². The zero-order chi connectivity index (χ0) is 17.1. The first kappa shape index (κ1) is 16.8. The summed E-state index contributed by atoms with van der Waals surface area (Å²) in [6, 6.07) is 3.37. The number of carbonyl (C=O) groups is 2. The maximum atomic E-state index is 13.9. The Kier molecular flexibility index (Phi) is 5.08. The molecule has 2 fully saturated rings. The lowest BCUT2D eigenvalue weighted by Crippen LogP contribution is -2.56. The van der Waals surface area contributed by atoms with Crippen LogP contribution in [0.1, 0.15) is 24.8 Å². The lowest BCUT2D eigenvalue weighted by Gasteiger charge is -2.35. The van der Waals surface area contributed by atoms with Crippen molar-refractivity contribution in [1.82, 2.24) is 15.1 Å². The van der Waals surface area contributed by atoms with Crippen LogP contribution >= 0.6 is 0 Å². The van der Waals surface area contributed by atoms with Gasteiger partial charge in [0.05, 0.1) is 12.5 Å². The molecule has 0 spiro atoms. The smallest absolute Gasteiger partial charge is 0.237 e. The van der Waals surface area contributed by atoms with E-state index in [0.717, 1.165) is 32.0 Å². The standard InChI is InChI=1S/C17H21F2N3O2/c18-13-5-3-4-12(16(13)19)11-22-9-6-20-17(24)14(22)10-15(23)21-7-1-2-8-21/h3-5,14H,1-2,6-11H2,(H,20,24). The molecule has 1 aromatic rings. The van der Waals surface area contributed by atoms with Crippen molar-refractivity contribution in [3.63, 3.8) is 0 Å². The van der Waals surface area contributed by atoms with Crippen molar-refractivity contribution >= 4 is 11.8 Å². The van der Waals surface area contributed by atoms with Crippen molar-refractivity contribution < 1.29 is 18.4 Å². The number of rotatable bonds is 4. The minimum Gasteiger partial charge on any atom is -0.353 e. The van der Waals surface area contributed by atoms with Crippen molar-refractivity contribution in [2.45, 2.75) is 31.8 Å². The molecule has 3 rings (SSSR count). The number of nitrogens with one attached hydrogen (secondary N) is 1. The molecule has 0 aromatic heterocycles. The summed E-state index contributed by atoms with van der Waals surface area (Å²) < 4.78 is 27.3. The number of halogens is 2. The Hall–Kier alpha value is -2.02. The van der Waals surface area contributed by atoms with Crippen LogP contribution in [0.25, 0.3) is 0 Å². The summed E-state index contributed by atoms with van der Waals surface area (Å²) in [5, 5.41) is 2.75. The van der Waals surface area contributed by atoms with Crippen LogP contribution in [0, 0.1) is 11.6 Å². The SMILES string of the molecule is O=C1NCCN(Cc2cccc(F)c2F)C1CC(=O)N1CCCC1. The molecule has 1 aromatic carbocycles. The van der Waals surface area contributed by atoms with Crippen LogP contribution in [0.15, 0.2) is 18.2 Å². The van der Waals surface area contributed by atoms with Gasteiger partial charge in [-0.25, -0.2) is 8.78 Å². The van der Waals surface area contributed by atoms with E-state index in [-0.39, 0.29) is 30.3 Å². The monoisotopic (exact) mass is 337 g/mol. The van der Waals surface area contributed by atoms with Gasteiger partial charge in [0.25, 0.3) is 0 Å². The van der Waals surface area contributed by atoms with Crippen LogP contribution in [-0.4, -0.2) is 53.8 Å². The average molecular weight is 337 g/mol. The predicted molar refractivity (Wildman–Crippen MR) is 84.0 cm³/mol. The number of nitrogens with zero attached hydrogens (tertiary/aromatic N) is 2. The Morgan fingerprint density at radius 1 is 1.21 bits per heavy atom. The summed E-state index contributed by atoms with van der Waals surface area (Å²) in [4.78, 5) is 28.1. The van der Waals surface area contributed by atoms with Gasteiger partial charge in [0.1, 0.15) is 0 Å². The van der Waals surface area contributed by atoms with Gasteiger partial charge in [-0.3, -0.25) is 14.5 Å². The highest BCUT2D eigenvalue weighted by Gasteiger charge is 2.33. The fraction of sp³-hybridized carbons (Fsp3) is 0.529. The van der Waals surface area contributed by atoms with E-state index < -0.39 is 17.7 Å². The van der Waals surface area contributed by atoms with Crippen LogP contribution in [-0.2, 0) is 16.1 Å². The first-order chi connectivity index (χ1) is 11.6. The molecule has 2 aliphatic rings. The lowest BCUT2D eigenvalue weighted by atomic mass is 10.1. The number of carbonyl (C=O) groups excluding carboxylic acids is 2. The Bertz CT molecular complexity index is 632. The zero-order valence-corrected chi connectivity index (χ0v) is 13.4. The molecule has 1 atom stereocenters. The molecule has 0 aliphatic carbocycles. The van der Waals surface area contributed by atoms with Gasteiger partial charge < -0.3 is 10.2 Å². The van der Waals surface area contributed by atoms with E-state index in [9.17, 15) is 18.4 Å². The van der Waals surface area contributed by atoms with E-state index in [2.05, 4.69) is 5.32 Å². The molecule has 0 bridgehead atoms. The summed E-state index contributed by atoms with van der Waals surface area (Å²) in [5.74, 6) is -2.09. The Morgan fingerprint density at radius 2 is 1.96 bits per heavy atom. The van der Waals surface area contributed by atoms with Gasteiger partial charge in [0.2, 0.25) is 11.8 Å². The average Bonchev–Trinajstić information content (AvgIpc) is 3.09. The summed E-state index contributed by atoms with van der Waals surface area (Å²) in [5.41, 5.74) is 0.198. The topological polar surface area (TPSA) is 52.7 Å². The molecule has 24 heavy (non-hydrogen) atoms. The first-order valence-electron chi connectivity index (χ1n) is 8.28. The molecule has 2 heterocycles. The predicted octanol–water partition coefficient (Wildman–Crippen LogP) is 1.28. The molecule has 7 heteroatoms. The third kappa shape index (κ3) is 3.56. The molecule has 2 saturated heterocycles. The van der Waals surface area contributed by atoms with Gasteiger partial charge in [-0.1, -0.05) is 12.1 Å². The minimum atomic E-state index is -0.904. The van der Waals surface area contributed by atoms with E-state index in [1.165, 1.54) is 12.1 Å². The van der Waals surface area contributed by atoms with Crippen molar-refractivity contribution in [1.29, 1.82) is 0 Å². The van der Waals surface area contributed by atoms with Crippen molar-refractivity contribution in [2.75, 3.05) is 26.2 Å². The molecule has 0 radical (unpaired) electrons. The van der Waals surface area contributed by atoms with Crippen molar-refractivity contribution in [3.05, 3.63) is 35.4 Å². The number of benzene rings is 1. The molecule has 130 valence electrons. The fourth-order valence-electron chi connectivity index (χ4n) is 3.32. The lowest BCUT2D eigenvalue weighted by molar-refractivity contribution is -0.138. The molecule has 0 saturated carbocycles. The van der Waals surface area contributed by atoms with Crippen LogP contribution in [0.5, 0.6) is 0 Å². The summed E-state index contributed by atoms with van der Waals surface area (Å²) in [6.45, 7) is 2.50. The van der Waals surface area contributed by atoms with Crippen molar-refractivity contribution in [2.24, 2.45) is 0 Å². The number of piperazine rings is 1. The normalized spacial score (nSPS) is 21.8. The number of amides is 2. The van der Waals surface area contributed by atoms with Gasteiger partial charge in [0, 0.05) is 38.3 Å². The second-order valence-electron chi connectivity index (χ2n) is 6.28. The van der Waals surface area contributed by atoms with E-state index >= 15 is 0 Å². The Balaban J connectivity index is 1.72. The Morgan fingerprint density at radius 3 is 2.71 bits per heavy atom. The highest BCUT2D eigenvalue weighted by molar-refractivity contribution is 5.88. The third-order valence-corrected chi connectivity index (χ3v) is 4.67. The maximum absolute atomic E-state index is 13.9. The van der Waals surface area contributed by atoms with Crippen LogP contribution in [0.2, 0.25) is 0 Å². The first-order valence-corrected chi connectivity index (χ1v) is 8.28. The van der Waals surface area contributed by atoms with Crippen LogP contribution in [0.3, 0.4) is 0 Å². The van der Waals surface area contributed by atoms with E-state index in [4.69, 9.17) is 0 Å². The second-order valence-corrected chi connectivity index (χ2v) is 6.28. The van der Waals surface area contributed by atoms with Crippen LogP contribution < -0.4 is 5.32 Å². The van der Waals surface area contributed by atoms with Gasteiger partial charge in [-0.05, 0) is 18.9 Å². The molecular weight excluding hydrogens is 316 g/mol.